The Balaban J connectivity index is 2.99. The summed E-state index contributed by atoms with van der Waals surface area (Å²) in [6.45, 7) is 12.5. The summed E-state index contributed by atoms with van der Waals surface area (Å²) in [5.41, 5.74) is 2.71. The summed E-state index contributed by atoms with van der Waals surface area (Å²) >= 11 is 0. The summed E-state index contributed by atoms with van der Waals surface area (Å²) in [7, 11) is 0. The minimum absolute atomic E-state index is 1.07. The summed E-state index contributed by atoms with van der Waals surface area (Å²) in [6.07, 6.45) is 2.41. The molecule has 0 atom stereocenters. The smallest absolute Gasteiger partial charge is 0.0993 e. The van der Waals surface area contributed by atoms with Gasteiger partial charge in [0, 0.05) is 5.57 Å². The summed E-state index contributed by atoms with van der Waals surface area (Å²) in [5, 5.41) is 0. The third kappa shape index (κ3) is 2.96. The van der Waals surface area contributed by atoms with Gasteiger partial charge < -0.3 is 0 Å². The topological polar surface area (TPSA) is 0 Å². The molecule has 0 aliphatic carbocycles. The lowest BCUT2D eigenvalue weighted by Gasteiger charge is -2.32. The van der Waals surface area contributed by atoms with Crippen LogP contribution in [-0.2, 0) is 0 Å². The van der Waals surface area contributed by atoms with E-state index in [1.807, 2.05) is 0 Å². The lowest BCUT2D eigenvalue weighted by molar-refractivity contribution is -0.873. The Morgan fingerprint density at radius 3 is 1.94 bits per heavy atom. The Hall–Kier alpha value is -1.08. The Morgan fingerprint density at radius 1 is 1.00 bits per heavy atom. The molecule has 0 fully saturated rings. The maximum atomic E-state index is 2.41. The van der Waals surface area contributed by atoms with E-state index in [1.54, 1.807) is 0 Å². The van der Waals surface area contributed by atoms with Gasteiger partial charge in [-0.25, -0.2) is 0 Å². The summed E-state index contributed by atoms with van der Waals surface area (Å²) in [5.74, 6) is 0. The molecule has 1 nitrogen and oxygen atoms in total. The van der Waals surface area contributed by atoms with Crippen molar-refractivity contribution in [3.8, 4) is 0 Å². The third-order valence-corrected chi connectivity index (χ3v) is 3.59. The molecule has 0 saturated carbocycles. The molecule has 0 aliphatic heterocycles. The van der Waals surface area contributed by atoms with Crippen LogP contribution in [0.5, 0.6) is 0 Å². The van der Waals surface area contributed by atoms with Gasteiger partial charge in [-0.3, -0.25) is 4.48 Å². The molecule has 0 amide bonds. The van der Waals surface area contributed by atoms with Crippen LogP contribution >= 0.6 is 0 Å². The molecular formula is C15H24N+. The molecule has 0 radical (unpaired) electrons. The lowest BCUT2D eigenvalue weighted by Crippen LogP contribution is -2.42. The van der Waals surface area contributed by atoms with Crippen LogP contribution in [0.3, 0.4) is 0 Å². The van der Waals surface area contributed by atoms with Gasteiger partial charge in [-0.2, -0.15) is 0 Å². The molecule has 0 unspecified atom stereocenters. The molecule has 0 aromatic heterocycles. The predicted molar refractivity (Wildman–Crippen MR) is 72.0 cm³/mol. The van der Waals surface area contributed by atoms with Gasteiger partial charge in [0.15, 0.2) is 0 Å². The Bertz CT molecular complexity index is 325. The van der Waals surface area contributed by atoms with E-state index >= 15 is 0 Å². The maximum Gasteiger partial charge on any atom is 0.0993 e. The first-order valence-corrected chi connectivity index (χ1v) is 6.28. The number of benzene rings is 1. The zero-order chi connectivity index (χ0) is 12.0. The Morgan fingerprint density at radius 2 is 1.50 bits per heavy atom. The van der Waals surface area contributed by atoms with E-state index in [-0.39, 0.29) is 0 Å². The number of hydrogen-bond acceptors (Lipinski definition) is 0. The summed E-state index contributed by atoms with van der Waals surface area (Å²) < 4.78 is 1.07. The highest BCUT2D eigenvalue weighted by Crippen LogP contribution is 2.18. The molecule has 1 aromatic rings. The third-order valence-electron chi connectivity index (χ3n) is 3.59. The van der Waals surface area contributed by atoms with E-state index in [0.717, 1.165) is 24.1 Å². The Kier molecular flexibility index (Phi) is 4.75. The minimum atomic E-state index is 1.07. The van der Waals surface area contributed by atoms with Gasteiger partial charge in [0.2, 0.25) is 0 Å². The van der Waals surface area contributed by atoms with Crippen molar-refractivity contribution >= 4 is 5.57 Å². The van der Waals surface area contributed by atoms with Gasteiger partial charge in [0.25, 0.3) is 0 Å². The second-order valence-corrected chi connectivity index (χ2v) is 4.35. The molecule has 0 saturated heterocycles. The molecule has 88 valence electrons. The van der Waals surface area contributed by atoms with Crippen molar-refractivity contribution in [1.82, 2.24) is 0 Å². The SMILES string of the molecule is CC[N+](C=C(C)c1ccccc1)(CC)CC. The molecule has 0 N–H and O–H groups in total. The number of allylic oxidation sites excluding steroid dienone is 1. The first kappa shape index (κ1) is 13.0. The molecule has 0 heterocycles. The van der Waals surface area contributed by atoms with Crippen LogP contribution in [0.2, 0.25) is 0 Å². The van der Waals surface area contributed by atoms with Gasteiger partial charge in [0.05, 0.1) is 25.8 Å². The minimum Gasteiger partial charge on any atom is -0.298 e. The maximum absolute atomic E-state index is 2.41. The van der Waals surface area contributed by atoms with Gasteiger partial charge >= 0.3 is 0 Å². The molecule has 16 heavy (non-hydrogen) atoms. The van der Waals surface area contributed by atoms with Crippen molar-refractivity contribution < 1.29 is 4.48 Å². The second kappa shape index (κ2) is 5.86. The van der Waals surface area contributed by atoms with Gasteiger partial charge in [0.1, 0.15) is 0 Å². The standard InChI is InChI=1S/C15H24N/c1-5-16(6-2,7-3)13-14(4)15-11-9-8-10-12-15/h8-13H,5-7H2,1-4H3/q+1. The van der Waals surface area contributed by atoms with E-state index < -0.39 is 0 Å². The fraction of sp³-hybridized carbons (Fsp3) is 0.467. The van der Waals surface area contributed by atoms with Gasteiger partial charge in [-0.15, -0.1) is 0 Å². The number of quaternary nitrogens is 1. The van der Waals surface area contributed by atoms with Crippen LogP contribution in [0.15, 0.2) is 36.5 Å². The highest BCUT2D eigenvalue weighted by Gasteiger charge is 2.18. The fourth-order valence-corrected chi connectivity index (χ4v) is 2.13. The quantitative estimate of drug-likeness (QED) is 0.657. The zero-order valence-corrected chi connectivity index (χ0v) is 11.0. The normalized spacial score (nSPS) is 12.9. The lowest BCUT2D eigenvalue weighted by atomic mass is 10.1. The number of nitrogens with zero attached hydrogens (tertiary/aromatic N) is 1. The van der Waals surface area contributed by atoms with Crippen LogP contribution in [-0.4, -0.2) is 24.1 Å². The van der Waals surface area contributed by atoms with E-state index in [4.69, 9.17) is 0 Å². The summed E-state index contributed by atoms with van der Waals surface area (Å²) in [6, 6.07) is 10.6. The Labute approximate surface area is 100.0 Å². The molecular weight excluding hydrogens is 194 g/mol. The van der Waals surface area contributed by atoms with Crippen molar-refractivity contribution in [2.24, 2.45) is 0 Å². The first-order chi connectivity index (χ1) is 7.67. The van der Waals surface area contributed by atoms with Crippen molar-refractivity contribution in [3.05, 3.63) is 42.1 Å². The predicted octanol–water partition coefficient (Wildman–Crippen LogP) is 3.92. The van der Waals surface area contributed by atoms with E-state index in [1.165, 1.54) is 11.1 Å². The monoisotopic (exact) mass is 218 g/mol. The fourth-order valence-electron chi connectivity index (χ4n) is 2.13. The van der Waals surface area contributed by atoms with Crippen molar-refractivity contribution in [3.63, 3.8) is 0 Å². The van der Waals surface area contributed by atoms with Gasteiger partial charge in [-0.05, 0) is 33.3 Å². The van der Waals surface area contributed by atoms with Crippen LogP contribution < -0.4 is 0 Å². The zero-order valence-electron chi connectivity index (χ0n) is 11.0. The van der Waals surface area contributed by atoms with Crippen LogP contribution in [0.4, 0.5) is 0 Å². The van der Waals surface area contributed by atoms with E-state index in [9.17, 15) is 0 Å². The van der Waals surface area contributed by atoms with Gasteiger partial charge in [-0.1, -0.05) is 30.3 Å². The van der Waals surface area contributed by atoms with Crippen LogP contribution in [0.25, 0.3) is 5.57 Å². The second-order valence-electron chi connectivity index (χ2n) is 4.35. The highest BCUT2D eigenvalue weighted by molar-refractivity contribution is 5.62. The van der Waals surface area contributed by atoms with Crippen molar-refractivity contribution in [1.29, 1.82) is 0 Å². The molecule has 0 aliphatic rings. The molecule has 1 heteroatoms. The van der Waals surface area contributed by atoms with Crippen molar-refractivity contribution in [2.75, 3.05) is 19.6 Å². The molecule has 1 rings (SSSR count). The van der Waals surface area contributed by atoms with E-state index in [0.29, 0.717) is 0 Å². The van der Waals surface area contributed by atoms with Crippen LogP contribution in [0, 0.1) is 0 Å². The van der Waals surface area contributed by atoms with Crippen molar-refractivity contribution in [2.45, 2.75) is 27.7 Å². The first-order valence-electron chi connectivity index (χ1n) is 6.28. The van der Waals surface area contributed by atoms with E-state index in [2.05, 4.69) is 64.2 Å². The largest absolute Gasteiger partial charge is 0.298 e. The number of hydrogen-bond donors (Lipinski definition) is 0. The molecule has 0 bridgehead atoms. The average Bonchev–Trinajstić information content (AvgIpc) is 2.37. The molecule has 1 aromatic carbocycles. The molecule has 0 spiro atoms. The van der Waals surface area contributed by atoms with Crippen LogP contribution in [0.1, 0.15) is 33.3 Å². The highest BCUT2D eigenvalue weighted by atomic mass is 15.3. The average molecular weight is 218 g/mol. The summed E-state index contributed by atoms with van der Waals surface area (Å²) in [4.78, 5) is 0. The number of rotatable bonds is 5.